The van der Waals surface area contributed by atoms with Crippen molar-refractivity contribution < 1.29 is 17.9 Å². The molecule has 5 heteroatoms. The number of para-hydroxylation sites is 1. The summed E-state index contributed by atoms with van der Waals surface area (Å²) in [6.45, 7) is 0. The number of sulfone groups is 1. The topological polar surface area (TPSA) is 60.4 Å². The average molecular weight is 316 g/mol. The first kappa shape index (κ1) is 16.0. The molecule has 22 heavy (non-hydrogen) atoms. The molecule has 0 aliphatic heterocycles. The van der Waals surface area contributed by atoms with Gasteiger partial charge < -0.3 is 4.74 Å². The van der Waals surface area contributed by atoms with Gasteiger partial charge in [-0.3, -0.25) is 4.79 Å². The molecule has 0 atom stereocenters. The highest BCUT2D eigenvalue weighted by atomic mass is 32.2. The van der Waals surface area contributed by atoms with E-state index >= 15 is 0 Å². The predicted molar refractivity (Wildman–Crippen MR) is 85.9 cm³/mol. The van der Waals surface area contributed by atoms with Gasteiger partial charge >= 0.3 is 0 Å². The Hall–Kier alpha value is -2.40. The quantitative estimate of drug-likeness (QED) is 0.628. The zero-order chi connectivity index (χ0) is 16.2. The summed E-state index contributed by atoms with van der Waals surface area (Å²) in [4.78, 5) is 12.3. The molecule has 0 aliphatic rings. The third-order valence-electron chi connectivity index (χ3n) is 3.12. The minimum absolute atomic E-state index is 0.192. The van der Waals surface area contributed by atoms with Crippen LogP contribution in [0.5, 0.6) is 5.75 Å². The third kappa shape index (κ3) is 3.83. The number of hydrogen-bond donors (Lipinski definition) is 0. The zero-order valence-corrected chi connectivity index (χ0v) is 13.1. The van der Waals surface area contributed by atoms with Gasteiger partial charge in [0.2, 0.25) is 0 Å². The number of rotatable bonds is 5. The Bertz CT molecular complexity index is 803. The Morgan fingerprint density at radius 3 is 2.27 bits per heavy atom. The fourth-order valence-electron chi connectivity index (χ4n) is 1.93. The van der Waals surface area contributed by atoms with Crippen molar-refractivity contribution >= 4 is 21.7 Å². The van der Waals surface area contributed by atoms with Gasteiger partial charge in [-0.2, -0.15) is 0 Å². The van der Waals surface area contributed by atoms with E-state index in [9.17, 15) is 13.2 Å². The molecule has 2 rings (SSSR count). The summed E-state index contributed by atoms with van der Waals surface area (Å²) in [6.07, 6.45) is 4.24. The van der Waals surface area contributed by atoms with Crippen LogP contribution in [0.4, 0.5) is 0 Å². The summed E-state index contributed by atoms with van der Waals surface area (Å²) in [5.74, 6) is 0.477. The van der Waals surface area contributed by atoms with E-state index < -0.39 is 9.84 Å². The molecule has 0 unspecified atom stereocenters. The Morgan fingerprint density at radius 1 is 1.05 bits per heavy atom. The predicted octanol–water partition coefficient (Wildman–Crippen LogP) is 2.99. The van der Waals surface area contributed by atoms with Crippen molar-refractivity contribution in [3.8, 4) is 5.75 Å². The molecule has 0 heterocycles. The number of ether oxygens (including phenoxy) is 1. The van der Waals surface area contributed by atoms with Crippen molar-refractivity contribution in [1.29, 1.82) is 0 Å². The molecule has 2 aromatic carbocycles. The van der Waals surface area contributed by atoms with Crippen LogP contribution >= 0.6 is 0 Å². The van der Waals surface area contributed by atoms with Crippen LogP contribution < -0.4 is 4.74 Å². The number of carbonyl (C=O) groups is 1. The molecule has 0 aromatic heterocycles. The van der Waals surface area contributed by atoms with Gasteiger partial charge in [-0.15, -0.1) is 0 Å². The molecule has 0 amide bonds. The maximum Gasteiger partial charge on any atom is 0.185 e. The number of ketones is 1. The SMILES string of the molecule is COc1ccccc1/C=C/C(=O)c1ccc(S(C)(=O)=O)cc1. The summed E-state index contributed by atoms with van der Waals surface area (Å²) >= 11 is 0. The van der Waals surface area contributed by atoms with Gasteiger partial charge in [0.05, 0.1) is 12.0 Å². The van der Waals surface area contributed by atoms with Gasteiger partial charge in [-0.1, -0.05) is 18.2 Å². The summed E-state index contributed by atoms with van der Waals surface area (Å²) < 4.78 is 28.0. The van der Waals surface area contributed by atoms with Crippen LogP contribution in [-0.2, 0) is 9.84 Å². The fourth-order valence-corrected chi connectivity index (χ4v) is 2.56. The Morgan fingerprint density at radius 2 is 1.68 bits per heavy atom. The summed E-state index contributed by atoms with van der Waals surface area (Å²) in [5, 5.41) is 0. The molecule has 0 bridgehead atoms. The number of carbonyl (C=O) groups excluding carboxylic acids is 1. The molecule has 0 radical (unpaired) electrons. The maximum atomic E-state index is 12.1. The highest BCUT2D eigenvalue weighted by Gasteiger charge is 2.08. The standard InChI is InChI=1S/C17H16O4S/c1-21-17-6-4-3-5-14(17)9-12-16(18)13-7-10-15(11-8-13)22(2,19)20/h3-12H,1-2H3/b12-9+. The first-order valence-electron chi connectivity index (χ1n) is 6.57. The molecular formula is C17H16O4S. The molecule has 0 N–H and O–H groups in total. The molecule has 2 aromatic rings. The van der Waals surface area contributed by atoms with Crippen LogP contribution in [0.25, 0.3) is 6.08 Å². The maximum absolute atomic E-state index is 12.1. The first-order valence-corrected chi connectivity index (χ1v) is 8.46. The van der Waals surface area contributed by atoms with E-state index in [1.165, 1.54) is 30.3 Å². The second kappa shape index (κ2) is 6.58. The van der Waals surface area contributed by atoms with Gasteiger partial charge in [-0.05, 0) is 42.5 Å². The van der Waals surface area contributed by atoms with E-state index in [1.807, 2.05) is 24.3 Å². The first-order chi connectivity index (χ1) is 10.4. The monoisotopic (exact) mass is 316 g/mol. The number of allylic oxidation sites excluding steroid dienone is 1. The van der Waals surface area contributed by atoms with Gasteiger partial charge in [0, 0.05) is 17.4 Å². The van der Waals surface area contributed by atoms with Gasteiger partial charge in [0.1, 0.15) is 5.75 Å². The molecule has 0 aliphatic carbocycles. The Labute approximate surface area is 130 Å². The summed E-state index contributed by atoms with van der Waals surface area (Å²) in [6, 6.07) is 13.2. The Kier molecular flexibility index (Phi) is 4.78. The largest absolute Gasteiger partial charge is 0.496 e. The lowest BCUT2D eigenvalue weighted by Gasteiger charge is -2.03. The highest BCUT2D eigenvalue weighted by molar-refractivity contribution is 7.90. The number of benzene rings is 2. The molecule has 0 spiro atoms. The summed E-state index contributed by atoms with van der Waals surface area (Å²) in [7, 11) is -1.69. The smallest absolute Gasteiger partial charge is 0.185 e. The molecule has 0 saturated heterocycles. The van der Waals surface area contributed by atoms with E-state index in [-0.39, 0.29) is 10.7 Å². The van der Waals surface area contributed by atoms with Crippen LogP contribution in [0.15, 0.2) is 59.5 Å². The van der Waals surface area contributed by atoms with E-state index in [2.05, 4.69) is 0 Å². The number of methoxy groups -OCH3 is 1. The van der Waals surface area contributed by atoms with Crippen LogP contribution in [0, 0.1) is 0 Å². The Balaban J connectivity index is 2.20. The van der Waals surface area contributed by atoms with Crippen molar-refractivity contribution in [1.82, 2.24) is 0 Å². The second-order valence-corrected chi connectivity index (χ2v) is 6.75. The minimum atomic E-state index is -3.26. The fraction of sp³-hybridized carbons (Fsp3) is 0.118. The lowest BCUT2D eigenvalue weighted by atomic mass is 10.1. The van der Waals surface area contributed by atoms with E-state index in [4.69, 9.17) is 4.74 Å². The van der Waals surface area contributed by atoms with E-state index in [1.54, 1.807) is 13.2 Å². The summed E-state index contributed by atoms with van der Waals surface area (Å²) in [5.41, 5.74) is 1.23. The van der Waals surface area contributed by atoms with Gasteiger partial charge in [-0.25, -0.2) is 8.42 Å². The van der Waals surface area contributed by atoms with E-state index in [0.717, 1.165) is 11.8 Å². The van der Waals surface area contributed by atoms with Crippen LogP contribution in [-0.4, -0.2) is 27.6 Å². The van der Waals surface area contributed by atoms with Crippen molar-refractivity contribution in [2.45, 2.75) is 4.90 Å². The van der Waals surface area contributed by atoms with Crippen LogP contribution in [0.1, 0.15) is 15.9 Å². The van der Waals surface area contributed by atoms with Crippen molar-refractivity contribution in [2.75, 3.05) is 13.4 Å². The lowest BCUT2D eigenvalue weighted by Crippen LogP contribution is -1.99. The molecule has 0 fully saturated rings. The third-order valence-corrected chi connectivity index (χ3v) is 4.25. The van der Waals surface area contributed by atoms with E-state index in [0.29, 0.717) is 11.3 Å². The lowest BCUT2D eigenvalue weighted by molar-refractivity contribution is 0.104. The van der Waals surface area contributed by atoms with Crippen LogP contribution in [0.3, 0.4) is 0 Å². The van der Waals surface area contributed by atoms with Crippen LogP contribution in [0.2, 0.25) is 0 Å². The van der Waals surface area contributed by atoms with Crippen molar-refractivity contribution in [3.63, 3.8) is 0 Å². The average Bonchev–Trinajstić information content (AvgIpc) is 2.52. The molecule has 4 nitrogen and oxygen atoms in total. The second-order valence-electron chi connectivity index (χ2n) is 4.74. The highest BCUT2D eigenvalue weighted by Crippen LogP contribution is 2.19. The number of hydrogen-bond acceptors (Lipinski definition) is 4. The van der Waals surface area contributed by atoms with Gasteiger partial charge in [0.15, 0.2) is 15.6 Å². The van der Waals surface area contributed by atoms with Gasteiger partial charge in [0.25, 0.3) is 0 Å². The van der Waals surface area contributed by atoms with Crippen molar-refractivity contribution in [3.05, 3.63) is 65.7 Å². The normalized spacial score (nSPS) is 11.5. The molecular weight excluding hydrogens is 300 g/mol. The zero-order valence-electron chi connectivity index (χ0n) is 12.3. The molecule has 114 valence electrons. The van der Waals surface area contributed by atoms with Crippen molar-refractivity contribution in [2.24, 2.45) is 0 Å². The minimum Gasteiger partial charge on any atom is -0.496 e. The molecule has 0 saturated carbocycles.